The topological polar surface area (TPSA) is 107 Å². The van der Waals surface area contributed by atoms with Crippen LogP contribution < -0.4 is 10.6 Å². The van der Waals surface area contributed by atoms with E-state index in [4.69, 9.17) is 0 Å². The Morgan fingerprint density at radius 1 is 1.09 bits per heavy atom. The second-order valence-corrected chi connectivity index (χ2v) is 8.47. The number of carbonyl (C=O) groups is 2. The van der Waals surface area contributed by atoms with Crippen molar-refractivity contribution in [3.8, 4) is 5.69 Å². The van der Waals surface area contributed by atoms with Gasteiger partial charge in [-0.3, -0.25) is 14.9 Å². The fourth-order valence-electron chi connectivity index (χ4n) is 3.45. The number of nitrogens with zero attached hydrogens (tertiary/aromatic N) is 5. The third-order valence-corrected chi connectivity index (χ3v) is 6.43. The van der Waals surface area contributed by atoms with E-state index in [1.807, 2.05) is 48.0 Å². The van der Waals surface area contributed by atoms with Gasteiger partial charge >= 0.3 is 0 Å². The SMILES string of the molecule is Cn1c(NC(=O)C2=CCC(C(=O)Nc3ccc(-n4cncn4)cc3)S2)nc2ccccc21. The molecule has 0 saturated heterocycles. The molecule has 160 valence electrons. The predicted octanol–water partition coefficient (Wildman–Crippen LogP) is 3.12. The number of para-hydroxylation sites is 2. The molecule has 2 aromatic carbocycles. The van der Waals surface area contributed by atoms with Crippen molar-refractivity contribution in [3.05, 3.63) is 72.2 Å². The number of carbonyl (C=O) groups excluding carboxylic acids is 2. The van der Waals surface area contributed by atoms with Crippen LogP contribution in [0.25, 0.3) is 16.7 Å². The highest BCUT2D eigenvalue weighted by Crippen LogP contribution is 2.34. The first-order valence-electron chi connectivity index (χ1n) is 9.94. The maximum atomic E-state index is 12.7. The Hall–Kier alpha value is -3.92. The van der Waals surface area contributed by atoms with Crippen molar-refractivity contribution in [2.45, 2.75) is 11.7 Å². The van der Waals surface area contributed by atoms with Crippen LogP contribution in [0.2, 0.25) is 0 Å². The van der Waals surface area contributed by atoms with E-state index in [1.165, 1.54) is 18.1 Å². The summed E-state index contributed by atoms with van der Waals surface area (Å²) in [6.07, 6.45) is 5.35. The Labute approximate surface area is 187 Å². The summed E-state index contributed by atoms with van der Waals surface area (Å²) in [5.41, 5.74) is 3.27. The molecule has 4 aromatic rings. The Kier molecular flexibility index (Phi) is 5.20. The van der Waals surface area contributed by atoms with Crippen molar-refractivity contribution in [2.75, 3.05) is 10.6 Å². The van der Waals surface area contributed by atoms with E-state index >= 15 is 0 Å². The summed E-state index contributed by atoms with van der Waals surface area (Å²) in [4.78, 5) is 34.3. The number of allylic oxidation sites excluding steroid dienone is 1. The number of imidazole rings is 1. The lowest BCUT2D eigenvalue weighted by molar-refractivity contribution is -0.115. The Balaban J connectivity index is 1.19. The predicted molar refractivity (Wildman–Crippen MR) is 123 cm³/mol. The van der Waals surface area contributed by atoms with Gasteiger partial charge in [-0.25, -0.2) is 14.6 Å². The third-order valence-electron chi connectivity index (χ3n) is 5.13. The lowest BCUT2D eigenvalue weighted by Gasteiger charge is -2.12. The van der Waals surface area contributed by atoms with Gasteiger partial charge in [-0.15, -0.1) is 11.8 Å². The minimum Gasteiger partial charge on any atom is -0.325 e. The average Bonchev–Trinajstić information content (AvgIpc) is 3.56. The normalized spacial score (nSPS) is 15.5. The van der Waals surface area contributed by atoms with E-state index in [-0.39, 0.29) is 17.1 Å². The van der Waals surface area contributed by atoms with Crippen molar-refractivity contribution in [1.82, 2.24) is 24.3 Å². The number of hydrogen-bond acceptors (Lipinski definition) is 6. The van der Waals surface area contributed by atoms with Gasteiger partial charge in [0.25, 0.3) is 5.91 Å². The van der Waals surface area contributed by atoms with E-state index < -0.39 is 0 Å². The fourth-order valence-corrected chi connectivity index (χ4v) is 4.47. The highest BCUT2D eigenvalue weighted by atomic mass is 32.2. The van der Waals surface area contributed by atoms with Crippen LogP contribution in [0.1, 0.15) is 6.42 Å². The molecule has 0 spiro atoms. The molecule has 1 unspecified atom stereocenters. The quantitative estimate of drug-likeness (QED) is 0.489. The molecule has 0 aliphatic carbocycles. The summed E-state index contributed by atoms with van der Waals surface area (Å²) in [5.74, 6) is 0.0595. The molecule has 1 aliphatic heterocycles. The van der Waals surface area contributed by atoms with Crippen molar-refractivity contribution >= 4 is 46.2 Å². The number of amides is 2. The van der Waals surface area contributed by atoms with Crippen molar-refractivity contribution in [3.63, 3.8) is 0 Å². The maximum absolute atomic E-state index is 12.7. The van der Waals surface area contributed by atoms with E-state index in [0.29, 0.717) is 23.0 Å². The lowest BCUT2D eigenvalue weighted by atomic mass is 10.2. The molecule has 2 amide bonds. The molecule has 2 aromatic heterocycles. The highest BCUT2D eigenvalue weighted by molar-refractivity contribution is 8.05. The lowest BCUT2D eigenvalue weighted by Crippen LogP contribution is -2.23. The Morgan fingerprint density at radius 2 is 1.91 bits per heavy atom. The minimum absolute atomic E-state index is 0.148. The summed E-state index contributed by atoms with van der Waals surface area (Å²) in [5, 5.41) is 9.46. The van der Waals surface area contributed by atoms with Crippen LogP contribution in [0, 0.1) is 0 Å². The Morgan fingerprint density at radius 3 is 2.66 bits per heavy atom. The van der Waals surface area contributed by atoms with Crippen molar-refractivity contribution < 1.29 is 9.59 Å². The van der Waals surface area contributed by atoms with Gasteiger partial charge in [0.1, 0.15) is 12.7 Å². The number of thioether (sulfide) groups is 1. The third kappa shape index (κ3) is 3.87. The Bertz CT molecular complexity index is 1330. The van der Waals surface area contributed by atoms with Crippen LogP contribution in [-0.2, 0) is 16.6 Å². The van der Waals surface area contributed by atoms with Crippen LogP contribution in [0.4, 0.5) is 11.6 Å². The van der Waals surface area contributed by atoms with Crippen molar-refractivity contribution in [2.24, 2.45) is 7.05 Å². The second-order valence-electron chi connectivity index (χ2n) is 7.22. The molecule has 9 nitrogen and oxygen atoms in total. The summed E-state index contributed by atoms with van der Waals surface area (Å²) in [7, 11) is 1.85. The molecule has 0 fully saturated rings. The van der Waals surface area contributed by atoms with Gasteiger partial charge in [-0.05, 0) is 42.8 Å². The van der Waals surface area contributed by atoms with Crippen LogP contribution in [-0.4, -0.2) is 41.4 Å². The maximum Gasteiger partial charge on any atom is 0.264 e. The molecular formula is C22H19N7O2S. The fraction of sp³-hybridized carbons (Fsp3) is 0.136. The second kappa shape index (κ2) is 8.31. The zero-order chi connectivity index (χ0) is 22.1. The number of nitrogens with one attached hydrogen (secondary N) is 2. The standard InChI is InChI=1S/C22H19N7O2S/c1-28-17-5-3-2-4-16(17)26-22(28)27-21(31)19-11-10-18(32-19)20(30)25-14-6-8-15(9-7-14)29-13-23-12-24-29/h2-9,11-13,18H,10H2,1H3,(H,25,30)(H,26,27,31). The van der Waals surface area contributed by atoms with Gasteiger partial charge in [0.05, 0.1) is 26.9 Å². The van der Waals surface area contributed by atoms with Crippen LogP contribution in [0.3, 0.4) is 0 Å². The molecule has 32 heavy (non-hydrogen) atoms. The number of rotatable bonds is 5. The molecule has 5 rings (SSSR count). The van der Waals surface area contributed by atoms with Crippen LogP contribution in [0.5, 0.6) is 0 Å². The molecule has 0 radical (unpaired) electrons. The van der Waals surface area contributed by atoms with Crippen LogP contribution >= 0.6 is 11.8 Å². The molecule has 0 saturated carbocycles. The highest BCUT2D eigenvalue weighted by Gasteiger charge is 2.29. The monoisotopic (exact) mass is 445 g/mol. The molecule has 3 heterocycles. The number of aromatic nitrogens is 5. The summed E-state index contributed by atoms with van der Waals surface area (Å²) in [6, 6.07) is 15.0. The van der Waals surface area contributed by atoms with Gasteiger partial charge in [-0.2, -0.15) is 5.10 Å². The molecule has 0 bridgehead atoms. The van der Waals surface area contributed by atoms with Crippen molar-refractivity contribution in [1.29, 1.82) is 0 Å². The van der Waals surface area contributed by atoms with Gasteiger partial charge < -0.3 is 9.88 Å². The van der Waals surface area contributed by atoms with Gasteiger partial charge in [0.2, 0.25) is 11.9 Å². The average molecular weight is 446 g/mol. The molecular weight excluding hydrogens is 426 g/mol. The van der Waals surface area contributed by atoms with Crippen LogP contribution in [0.15, 0.2) is 72.2 Å². The van der Waals surface area contributed by atoms with E-state index in [2.05, 4.69) is 25.7 Å². The van der Waals surface area contributed by atoms with Gasteiger partial charge in [0.15, 0.2) is 0 Å². The first kappa shape index (κ1) is 20.0. The molecule has 1 atom stereocenters. The zero-order valence-corrected chi connectivity index (χ0v) is 17.9. The molecule has 10 heteroatoms. The summed E-state index contributed by atoms with van der Waals surface area (Å²) >= 11 is 1.26. The number of fused-ring (bicyclic) bond motifs is 1. The number of anilines is 2. The first-order valence-corrected chi connectivity index (χ1v) is 10.8. The summed E-state index contributed by atoms with van der Waals surface area (Å²) in [6.45, 7) is 0. The van der Waals surface area contributed by atoms with E-state index in [1.54, 1.807) is 29.2 Å². The smallest absolute Gasteiger partial charge is 0.264 e. The summed E-state index contributed by atoms with van der Waals surface area (Å²) < 4.78 is 3.47. The molecule has 1 aliphatic rings. The molecule has 2 N–H and O–H groups in total. The van der Waals surface area contributed by atoms with E-state index in [9.17, 15) is 9.59 Å². The minimum atomic E-state index is -0.369. The van der Waals surface area contributed by atoms with Gasteiger partial charge in [0, 0.05) is 12.7 Å². The number of hydrogen-bond donors (Lipinski definition) is 2. The van der Waals surface area contributed by atoms with E-state index in [0.717, 1.165) is 16.7 Å². The first-order chi connectivity index (χ1) is 15.6. The van der Waals surface area contributed by atoms with Gasteiger partial charge in [-0.1, -0.05) is 18.2 Å². The number of aryl methyl sites for hydroxylation is 1. The largest absolute Gasteiger partial charge is 0.325 e. The zero-order valence-electron chi connectivity index (χ0n) is 17.1. The number of benzene rings is 2.